The predicted octanol–water partition coefficient (Wildman–Crippen LogP) is 1.79. The van der Waals surface area contributed by atoms with E-state index in [9.17, 15) is 9.18 Å². The molecule has 1 aliphatic heterocycles. The summed E-state index contributed by atoms with van der Waals surface area (Å²) in [5.74, 6) is -0.510. The number of nitrogens with one attached hydrogen (secondary N) is 1. The summed E-state index contributed by atoms with van der Waals surface area (Å²) < 4.78 is 18.1. The monoisotopic (exact) mass is 223 g/mol. The Labute approximate surface area is 93.6 Å². The first kappa shape index (κ1) is 11.1. The number of benzene rings is 1. The van der Waals surface area contributed by atoms with Crippen LogP contribution in [0.2, 0.25) is 0 Å². The molecule has 0 radical (unpaired) electrons. The molecule has 2 rings (SSSR count). The minimum atomic E-state index is -0.311. The molecule has 0 saturated carbocycles. The maximum Gasteiger partial charge on any atom is 0.322 e. The Kier molecular flexibility index (Phi) is 3.19. The molecule has 1 N–H and O–H groups in total. The predicted molar refractivity (Wildman–Crippen MR) is 57.3 cm³/mol. The van der Waals surface area contributed by atoms with E-state index >= 15 is 0 Å². The standard InChI is InChI=1S/C12H14FNO2/c1-16-12(15)11-7-6-10(14-11)8-4-2-3-5-9(8)13/h2-5,10-11,14H,6-7H2,1H3/t10?,11-/m0/s1. The van der Waals surface area contributed by atoms with Gasteiger partial charge in [-0.1, -0.05) is 18.2 Å². The van der Waals surface area contributed by atoms with Crippen LogP contribution in [-0.4, -0.2) is 19.1 Å². The van der Waals surface area contributed by atoms with E-state index < -0.39 is 0 Å². The summed E-state index contributed by atoms with van der Waals surface area (Å²) in [4.78, 5) is 11.3. The van der Waals surface area contributed by atoms with Crippen LogP contribution in [0.15, 0.2) is 24.3 Å². The van der Waals surface area contributed by atoms with Gasteiger partial charge in [-0.25, -0.2) is 4.39 Å². The highest BCUT2D eigenvalue weighted by Crippen LogP contribution is 2.28. The van der Waals surface area contributed by atoms with Crippen molar-refractivity contribution in [1.29, 1.82) is 0 Å². The Morgan fingerprint density at radius 3 is 2.88 bits per heavy atom. The molecule has 4 heteroatoms. The molecule has 16 heavy (non-hydrogen) atoms. The lowest BCUT2D eigenvalue weighted by Crippen LogP contribution is -2.33. The molecule has 0 aromatic heterocycles. The third-order valence-electron chi connectivity index (χ3n) is 2.91. The lowest BCUT2D eigenvalue weighted by Gasteiger charge is -2.13. The van der Waals surface area contributed by atoms with Gasteiger partial charge in [-0.3, -0.25) is 10.1 Å². The summed E-state index contributed by atoms with van der Waals surface area (Å²) in [5, 5.41) is 3.08. The fraction of sp³-hybridized carbons (Fsp3) is 0.417. The van der Waals surface area contributed by atoms with E-state index in [2.05, 4.69) is 10.1 Å². The van der Waals surface area contributed by atoms with Gasteiger partial charge in [0.1, 0.15) is 11.9 Å². The van der Waals surface area contributed by atoms with Crippen LogP contribution in [-0.2, 0) is 9.53 Å². The van der Waals surface area contributed by atoms with Gasteiger partial charge in [0.2, 0.25) is 0 Å². The molecule has 1 heterocycles. The first-order valence-electron chi connectivity index (χ1n) is 5.30. The number of esters is 1. The fourth-order valence-corrected chi connectivity index (χ4v) is 2.07. The number of hydrogen-bond donors (Lipinski definition) is 1. The van der Waals surface area contributed by atoms with Crippen LogP contribution in [0.5, 0.6) is 0 Å². The highest BCUT2D eigenvalue weighted by molar-refractivity contribution is 5.76. The summed E-state index contributed by atoms with van der Waals surface area (Å²) in [6, 6.07) is 6.23. The van der Waals surface area contributed by atoms with Crippen molar-refractivity contribution in [3.8, 4) is 0 Å². The second kappa shape index (κ2) is 4.61. The zero-order valence-electron chi connectivity index (χ0n) is 9.07. The Balaban J connectivity index is 2.09. The van der Waals surface area contributed by atoms with Gasteiger partial charge in [-0.05, 0) is 18.9 Å². The molecule has 1 aliphatic rings. The molecular weight excluding hydrogens is 209 g/mol. The van der Waals surface area contributed by atoms with Gasteiger partial charge in [-0.2, -0.15) is 0 Å². The molecule has 1 fully saturated rings. The van der Waals surface area contributed by atoms with E-state index in [1.807, 2.05) is 0 Å². The number of hydrogen-bond acceptors (Lipinski definition) is 3. The van der Waals surface area contributed by atoms with Crippen LogP contribution in [0.4, 0.5) is 4.39 Å². The van der Waals surface area contributed by atoms with Crippen molar-refractivity contribution >= 4 is 5.97 Å². The molecule has 2 atom stereocenters. The Morgan fingerprint density at radius 2 is 2.19 bits per heavy atom. The van der Waals surface area contributed by atoms with E-state index in [1.54, 1.807) is 18.2 Å². The number of carbonyl (C=O) groups is 1. The van der Waals surface area contributed by atoms with Crippen molar-refractivity contribution in [3.05, 3.63) is 35.6 Å². The van der Waals surface area contributed by atoms with Crippen molar-refractivity contribution in [2.45, 2.75) is 24.9 Å². The van der Waals surface area contributed by atoms with Crippen molar-refractivity contribution in [2.75, 3.05) is 7.11 Å². The average Bonchev–Trinajstić information content (AvgIpc) is 2.78. The molecule has 0 amide bonds. The Bertz CT molecular complexity index is 394. The molecule has 1 aromatic rings. The zero-order chi connectivity index (χ0) is 11.5. The van der Waals surface area contributed by atoms with Crippen LogP contribution in [0, 0.1) is 5.82 Å². The van der Waals surface area contributed by atoms with Gasteiger partial charge in [-0.15, -0.1) is 0 Å². The lowest BCUT2D eigenvalue weighted by atomic mass is 10.0. The fourth-order valence-electron chi connectivity index (χ4n) is 2.07. The summed E-state index contributed by atoms with van der Waals surface area (Å²) in [6.45, 7) is 0. The molecule has 0 spiro atoms. The van der Waals surface area contributed by atoms with Crippen molar-refractivity contribution in [3.63, 3.8) is 0 Å². The normalized spacial score (nSPS) is 24.4. The number of carbonyl (C=O) groups excluding carboxylic acids is 1. The van der Waals surface area contributed by atoms with Gasteiger partial charge >= 0.3 is 5.97 Å². The highest BCUT2D eigenvalue weighted by atomic mass is 19.1. The third kappa shape index (κ3) is 2.07. The van der Waals surface area contributed by atoms with E-state index in [0.717, 1.165) is 6.42 Å². The SMILES string of the molecule is COC(=O)[C@@H]1CCC(c2ccccc2F)N1. The second-order valence-corrected chi connectivity index (χ2v) is 3.89. The zero-order valence-corrected chi connectivity index (χ0v) is 9.07. The first-order chi connectivity index (χ1) is 7.72. The van der Waals surface area contributed by atoms with Gasteiger partial charge < -0.3 is 4.74 Å². The number of halogens is 1. The number of rotatable bonds is 2. The molecular formula is C12H14FNO2. The van der Waals surface area contributed by atoms with Crippen molar-refractivity contribution < 1.29 is 13.9 Å². The van der Waals surface area contributed by atoms with Gasteiger partial charge in [0.25, 0.3) is 0 Å². The summed E-state index contributed by atoms with van der Waals surface area (Å²) in [5.41, 5.74) is 0.619. The Hall–Kier alpha value is -1.42. The summed E-state index contributed by atoms with van der Waals surface area (Å²) in [7, 11) is 1.36. The van der Waals surface area contributed by atoms with Crippen LogP contribution in [0.25, 0.3) is 0 Å². The molecule has 86 valence electrons. The van der Waals surface area contributed by atoms with Crippen LogP contribution < -0.4 is 5.32 Å². The van der Waals surface area contributed by atoms with Gasteiger partial charge in [0, 0.05) is 11.6 Å². The second-order valence-electron chi connectivity index (χ2n) is 3.89. The van der Waals surface area contributed by atoms with E-state index in [0.29, 0.717) is 12.0 Å². The third-order valence-corrected chi connectivity index (χ3v) is 2.91. The van der Waals surface area contributed by atoms with Crippen molar-refractivity contribution in [1.82, 2.24) is 5.32 Å². The summed E-state index contributed by atoms with van der Waals surface area (Å²) >= 11 is 0. The topological polar surface area (TPSA) is 38.3 Å². The molecule has 3 nitrogen and oxygen atoms in total. The van der Waals surface area contributed by atoms with Crippen LogP contribution in [0.1, 0.15) is 24.4 Å². The quantitative estimate of drug-likeness (QED) is 0.777. The minimum absolute atomic E-state index is 0.0923. The average molecular weight is 223 g/mol. The maximum atomic E-state index is 13.5. The summed E-state index contributed by atoms with van der Waals surface area (Å²) in [6.07, 6.45) is 1.44. The van der Waals surface area contributed by atoms with E-state index in [1.165, 1.54) is 13.2 Å². The van der Waals surface area contributed by atoms with Crippen LogP contribution >= 0.6 is 0 Å². The first-order valence-corrected chi connectivity index (χ1v) is 5.30. The van der Waals surface area contributed by atoms with Crippen LogP contribution in [0.3, 0.4) is 0 Å². The maximum absolute atomic E-state index is 13.5. The smallest absolute Gasteiger partial charge is 0.322 e. The highest BCUT2D eigenvalue weighted by Gasteiger charge is 2.31. The van der Waals surface area contributed by atoms with Gasteiger partial charge in [0.15, 0.2) is 0 Å². The van der Waals surface area contributed by atoms with E-state index in [4.69, 9.17) is 0 Å². The number of methoxy groups -OCH3 is 1. The molecule has 1 unspecified atom stereocenters. The minimum Gasteiger partial charge on any atom is -0.468 e. The van der Waals surface area contributed by atoms with E-state index in [-0.39, 0.29) is 23.9 Å². The largest absolute Gasteiger partial charge is 0.468 e. The lowest BCUT2D eigenvalue weighted by molar-refractivity contribution is -0.142. The molecule has 1 saturated heterocycles. The number of ether oxygens (including phenoxy) is 1. The molecule has 0 bridgehead atoms. The molecule has 0 aliphatic carbocycles. The van der Waals surface area contributed by atoms with Crippen molar-refractivity contribution in [2.24, 2.45) is 0 Å². The van der Waals surface area contributed by atoms with Gasteiger partial charge in [0.05, 0.1) is 7.11 Å². The molecule has 1 aromatic carbocycles. The Morgan fingerprint density at radius 1 is 1.44 bits per heavy atom.